The third kappa shape index (κ3) is 23.1. The van der Waals surface area contributed by atoms with Crippen LogP contribution in [-0.2, 0) is 38.4 Å². The number of carbonyl (C=O) groups is 8. The monoisotopic (exact) mass is 964 g/mol. The van der Waals surface area contributed by atoms with Gasteiger partial charge in [0.05, 0.1) is 57.9 Å². The number of pyridine rings is 1. The summed E-state index contributed by atoms with van der Waals surface area (Å²) in [4.78, 5) is 120. The third-order valence-electron chi connectivity index (χ3n) is 11.1. The second kappa shape index (κ2) is 28.9. The summed E-state index contributed by atoms with van der Waals surface area (Å²) >= 11 is 0. The van der Waals surface area contributed by atoms with Crippen molar-refractivity contribution in [3.63, 3.8) is 0 Å². The smallest absolute Gasteiger partial charge is 0.317 e. The van der Waals surface area contributed by atoms with Crippen molar-refractivity contribution in [2.75, 3.05) is 162 Å². The average Bonchev–Trinajstić information content (AvgIpc) is 3.21. The van der Waals surface area contributed by atoms with E-state index >= 15 is 0 Å². The lowest BCUT2D eigenvalue weighted by molar-refractivity contribution is -0.141. The van der Waals surface area contributed by atoms with Gasteiger partial charge in [0, 0.05) is 122 Å². The summed E-state index contributed by atoms with van der Waals surface area (Å²) in [5, 5.41) is 68.0. The number of aromatic nitrogens is 1. The van der Waals surface area contributed by atoms with E-state index in [2.05, 4.69) is 10.3 Å². The molecule has 1 aromatic heterocycles. The van der Waals surface area contributed by atoms with Gasteiger partial charge >= 0.3 is 41.8 Å². The standard InChI is InChI=1S/C26H36N6O8.C16H28N4O8/c1-18-12-22(33)28-21-13-19(2-3-20(18)21)27-23(34)14-29-4-6-30(15-24(35)36)8-10-32(17-26(39)40)11-9-31(7-5-29)16-25(37)38;21-13(22)9-17-1-2-18(10-14(23)24)5-6-20(12-16(27)28)8-7-19(4-3-17)11-15(25)26/h2-3,12-13H,4-11,14-17H2,1H3,(H,27,34)(H,28,33)(H,35,36)(H,37,38)(H,39,40);1-12H2,(H,21,22)(H,23,24)(H,25,26)(H,27,28). The highest BCUT2D eigenvalue weighted by Gasteiger charge is 2.23. The predicted octanol–water partition coefficient (Wildman–Crippen LogP) is -3.20. The highest BCUT2D eigenvalue weighted by Crippen LogP contribution is 2.19. The minimum absolute atomic E-state index is 0.0185. The van der Waals surface area contributed by atoms with Crippen LogP contribution in [0.25, 0.3) is 10.9 Å². The fourth-order valence-electron chi connectivity index (χ4n) is 7.68. The molecule has 0 aliphatic carbocycles. The SMILES string of the molecule is Cc1cc(=O)[nH]c2cc(NC(=O)CN3CCN(CC(=O)O)CCN(CC(=O)O)CCN(CC(=O)O)CC3)ccc12.O=C(O)CN1CCN(CC(=O)O)CCN(CC(=O)O)CCN(CC(=O)O)CC1. The molecule has 2 fully saturated rings. The number of H-pyrrole nitrogens is 1. The van der Waals surface area contributed by atoms with Crippen LogP contribution in [-0.4, -0.2) is 285 Å². The zero-order valence-electron chi connectivity index (χ0n) is 38.2. The maximum Gasteiger partial charge on any atom is 0.317 e. The lowest BCUT2D eigenvalue weighted by Gasteiger charge is -2.32. The number of aromatic amines is 1. The number of carboxylic acid groups (broad SMARTS) is 7. The fraction of sp³-hybridized carbons (Fsp3) is 0.595. The molecule has 0 unspecified atom stereocenters. The molecule has 2 aliphatic rings. The highest BCUT2D eigenvalue weighted by molar-refractivity contribution is 5.95. The maximum absolute atomic E-state index is 13.0. The van der Waals surface area contributed by atoms with E-state index in [1.165, 1.54) is 6.07 Å². The molecule has 68 heavy (non-hydrogen) atoms. The number of carbonyl (C=O) groups excluding carboxylic acids is 1. The van der Waals surface area contributed by atoms with Crippen molar-refractivity contribution in [2.24, 2.45) is 0 Å². The van der Waals surface area contributed by atoms with Gasteiger partial charge in [-0.2, -0.15) is 0 Å². The Labute approximate surface area is 391 Å². The first kappa shape index (κ1) is 56.2. The van der Waals surface area contributed by atoms with Gasteiger partial charge in [0.1, 0.15) is 0 Å². The van der Waals surface area contributed by atoms with Crippen molar-refractivity contribution >= 4 is 64.3 Å². The summed E-state index contributed by atoms with van der Waals surface area (Å²) in [6, 6.07) is 6.74. The van der Waals surface area contributed by atoms with Crippen molar-refractivity contribution in [3.05, 3.63) is 40.2 Å². The third-order valence-corrected chi connectivity index (χ3v) is 11.1. The van der Waals surface area contributed by atoms with Gasteiger partial charge in [0.25, 0.3) is 0 Å². The fourth-order valence-corrected chi connectivity index (χ4v) is 7.68. The minimum Gasteiger partial charge on any atom is -0.480 e. The summed E-state index contributed by atoms with van der Waals surface area (Å²) in [6.07, 6.45) is 0. The van der Waals surface area contributed by atoms with Crippen LogP contribution in [0.5, 0.6) is 0 Å². The first-order valence-electron chi connectivity index (χ1n) is 21.9. The second-order valence-electron chi connectivity index (χ2n) is 16.6. The molecule has 0 atom stereocenters. The van der Waals surface area contributed by atoms with Crippen LogP contribution in [0, 0.1) is 6.92 Å². The molecule has 1 aromatic carbocycles. The molecule has 2 aromatic rings. The van der Waals surface area contributed by atoms with Crippen LogP contribution in [0.15, 0.2) is 29.1 Å². The molecule has 0 radical (unpaired) electrons. The topological polar surface area (TPSA) is 349 Å². The van der Waals surface area contributed by atoms with Gasteiger partial charge in [-0.3, -0.25) is 82.4 Å². The summed E-state index contributed by atoms with van der Waals surface area (Å²) in [7, 11) is 0. The van der Waals surface area contributed by atoms with Gasteiger partial charge in [-0.1, -0.05) is 6.07 Å². The largest absolute Gasteiger partial charge is 0.480 e. The number of nitrogens with one attached hydrogen (secondary N) is 2. The number of hydrogen-bond acceptors (Lipinski definition) is 17. The minimum atomic E-state index is -1.02. The first-order valence-corrected chi connectivity index (χ1v) is 21.9. The molecule has 3 heterocycles. The van der Waals surface area contributed by atoms with Crippen molar-refractivity contribution < 1.29 is 74.1 Å². The number of hydrogen-bond donors (Lipinski definition) is 9. The van der Waals surface area contributed by atoms with E-state index in [-0.39, 0.29) is 63.8 Å². The van der Waals surface area contributed by atoms with Crippen LogP contribution < -0.4 is 10.9 Å². The summed E-state index contributed by atoms with van der Waals surface area (Å²) in [5.74, 6) is -7.45. The van der Waals surface area contributed by atoms with Crippen LogP contribution in [0.3, 0.4) is 0 Å². The van der Waals surface area contributed by atoms with Crippen molar-refractivity contribution in [2.45, 2.75) is 6.92 Å². The Hall–Kier alpha value is -6.13. The average molecular weight is 965 g/mol. The van der Waals surface area contributed by atoms with Gasteiger partial charge in [-0.25, -0.2) is 0 Å². The number of fused-ring (bicyclic) bond motifs is 1. The number of amides is 1. The van der Waals surface area contributed by atoms with E-state index in [1.807, 2.05) is 17.9 Å². The molecule has 9 N–H and O–H groups in total. The quantitative estimate of drug-likeness (QED) is 0.0754. The molecule has 0 spiro atoms. The van der Waals surface area contributed by atoms with Crippen molar-refractivity contribution in [1.29, 1.82) is 0 Å². The number of anilines is 1. The molecule has 0 bridgehead atoms. The van der Waals surface area contributed by atoms with E-state index in [1.54, 1.807) is 46.4 Å². The molecule has 1 amide bonds. The number of aliphatic carboxylic acids is 7. The van der Waals surface area contributed by atoms with E-state index in [9.17, 15) is 58.5 Å². The molecular weight excluding hydrogens is 901 g/mol. The number of aryl methyl sites for hydroxylation is 1. The predicted molar refractivity (Wildman–Crippen MR) is 243 cm³/mol. The summed E-state index contributed by atoms with van der Waals surface area (Å²) < 4.78 is 0. The molecule has 4 rings (SSSR count). The Morgan fingerprint density at radius 1 is 0.426 bits per heavy atom. The lowest BCUT2D eigenvalue weighted by Crippen LogP contribution is -2.49. The Morgan fingerprint density at radius 3 is 0.926 bits per heavy atom. The molecule has 26 nitrogen and oxygen atoms in total. The van der Waals surface area contributed by atoms with Gasteiger partial charge in [-0.15, -0.1) is 0 Å². The van der Waals surface area contributed by atoms with Gasteiger partial charge in [-0.05, 0) is 24.6 Å². The van der Waals surface area contributed by atoms with Crippen molar-refractivity contribution in [1.82, 2.24) is 44.2 Å². The van der Waals surface area contributed by atoms with E-state index in [0.717, 1.165) is 10.9 Å². The second-order valence-corrected chi connectivity index (χ2v) is 16.6. The Kier molecular flexibility index (Phi) is 23.9. The zero-order chi connectivity index (χ0) is 50.3. The van der Waals surface area contributed by atoms with Gasteiger partial charge in [0.15, 0.2) is 0 Å². The number of benzene rings is 1. The highest BCUT2D eigenvalue weighted by atomic mass is 16.4. The van der Waals surface area contributed by atoms with Gasteiger partial charge < -0.3 is 46.0 Å². The summed E-state index contributed by atoms with van der Waals surface area (Å²) in [5.41, 5.74) is 1.68. The van der Waals surface area contributed by atoms with Crippen LogP contribution >= 0.6 is 0 Å². The number of rotatable bonds is 17. The first-order chi connectivity index (χ1) is 32.1. The van der Waals surface area contributed by atoms with E-state index in [4.69, 9.17) is 20.4 Å². The molecule has 0 saturated carbocycles. The molecule has 26 heteroatoms. The van der Waals surface area contributed by atoms with Crippen molar-refractivity contribution in [3.8, 4) is 0 Å². The van der Waals surface area contributed by atoms with E-state index in [0.29, 0.717) is 116 Å². The maximum atomic E-state index is 13.0. The van der Waals surface area contributed by atoms with Crippen LogP contribution in [0.1, 0.15) is 5.56 Å². The zero-order valence-corrected chi connectivity index (χ0v) is 38.2. The van der Waals surface area contributed by atoms with Crippen LogP contribution in [0.2, 0.25) is 0 Å². The Bertz CT molecular complexity index is 1960. The molecule has 2 saturated heterocycles. The van der Waals surface area contributed by atoms with Crippen LogP contribution in [0.4, 0.5) is 5.69 Å². The lowest BCUT2D eigenvalue weighted by atomic mass is 10.1. The summed E-state index contributed by atoms with van der Waals surface area (Å²) in [6.45, 7) is 5.12. The number of nitrogens with zero attached hydrogens (tertiary/aromatic N) is 8. The Morgan fingerprint density at radius 2 is 0.676 bits per heavy atom. The molecular formula is C42H64N10O16. The van der Waals surface area contributed by atoms with Gasteiger partial charge in [0.2, 0.25) is 11.5 Å². The normalized spacial score (nSPS) is 18.1. The Balaban J connectivity index is 0.000000385. The van der Waals surface area contributed by atoms with E-state index < -0.39 is 41.8 Å². The number of carboxylic acids is 7. The molecule has 378 valence electrons. The molecule has 2 aliphatic heterocycles.